The molecular weight excluding hydrogens is 198 g/mol. The maximum Gasteiger partial charge on any atom is 0.333 e. The molecule has 0 radical (unpaired) electrons. The molecule has 1 rings (SSSR count). The first-order chi connectivity index (χ1) is 5.49. The quantitative estimate of drug-likeness (QED) is 0.654. The Morgan fingerprint density at radius 1 is 1.58 bits per heavy atom. The zero-order valence-corrected chi connectivity index (χ0v) is 8.49. The molecule has 0 aromatic rings. The van der Waals surface area contributed by atoms with E-state index in [9.17, 15) is 8.42 Å². The highest BCUT2D eigenvalue weighted by molar-refractivity contribution is 7.99. The molecule has 1 fully saturated rings. The summed E-state index contributed by atoms with van der Waals surface area (Å²) in [5.41, 5.74) is 0. The van der Waals surface area contributed by atoms with Crippen LogP contribution in [-0.4, -0.2) is 30.5 Å². The number of nitrogens with one attached hydrogen (secondary N) is 1. The van der Waals surface area contributed by atoms with E-state index in [-0.39, 0.29) is 6.04 Å². The minimum Gasteiger partial charge on any atom is -0.273 e. The predicted molar refractivity (Wildman–Crippen MR) is 49.6 cm³/mol. The normalized spacial score (nSPS) is 31.8. The Hall–Kier alpha value is 0.220. The van der Waals surface area contributed by atoms with Crippen LogP contribution in [0.1, 0.15) is 13.3 Å². The molecule has 1 saturated heterocycles. The fourth-order valence-electron chi connectivity index (χ4n) is 1.19. The Morgan fingerprint density at radius 2 is 2.25 bits per heavy atom. The van der Waals surface area contributed by atoms with E-state index in [4.69, 9.17) is 4.55 Å². The summed E-state index contributed by atoms with van der Waals surface area (Å²) in [6, 6.07) is -0.112. The zero-order valence-electron chi connectivity index (χ0n) is 6.86. The molecule has 2 atom stereocenters. The summed E-state index contributed by atoms with van der Waals surface area (Å²) < 4.78 is 31.7. The van der Waals surface area contributed by atoms with Gasteiger partial charge in [0.15, 0.2) is 0 Å². The van der Waals surface area contributed by atoms with Crippen LogP contribution in [0.5, 0.6) is 0 Å². The van der Waals surface area contributed by atoms with Crippen molar-refractivity contribution in [3.05, 3.63) is 0 Å². The first kappa shape index (κ1) is 10.3. The van der Waals surface area contributed by atoms with Gasteiger partial charge in [-0.3, -0.25) is 4.55 Å². The molecule has 1 aliphatic heterocycles. The van der Waals surface area contributed by atoms with Crippen LogP contribution in [0.15, 0.2) is 0 Å². The zero-order chi connectivity index (χ0) is 9.19. The van der Waals surface area contributed by atoms with Gasteiger partial charge in [-0.1, -0.05) is 6.92 Å². The Morgan fingerprint density at radius 3 is 2.75 bits per heavy atom. The van der Waals surface area contributed by atoms with Crippen molar-refractivity contribution in [2.24, 2.45) is 5.92 Å². The minimum atomic E-state index is -4.02. The Labute approximate surface area is 77.0 Å². The van der Waals surface area contributed by atoms with Crippen molar-refractivity contribution in [1.82, 2.24) is 4.72 Å². The van der Waals surface area contributed by atoms with Gasteiger partial charge in [0.2, 0.25) is 0 Å². The molecule has 0 bridgehead atoms. The monoisotopic (exact) mass is 211 g/mol. The molecule has 0 aromatic heterocycles. The average Bonchev–Trinajstić information content (AvgIpc) is 1.91. The van der Waals surface area contributed by atoms with Crippen molar-refractivity contribution >= 4 is 22.1 Å². The van der Waals surface area contributed by atoms with Gasteiger partial charge in [0.05, 0.1) is 0 Å². The highest BCUT2D eigenvalue weighted by atomic mass is 32.2. The van der Waals surface area contributed by atoms with Crippen LogP contribution in [0.2, 0.25) is 0 Å². The molecule has 0 spiro atoms. The second-order valence-electron chi connectivity index (χ2n) is 3.04. The highest BCUT2D eigenvalue weighted by Crippen LogP contribution is 2.22. The fraction of sp³-hybridized carbons (Fsp3) is 1.00. The van der Waals surface area contributed by atoms with Gasteiger partial charge >= 0.3 is 10.3 Å². The summed E-state index contributed by atoms with van der Waals surface area (Å²) in [6.45, 7) is 1.99. The molecule has 0 amide bonds. The Kier molecular flexibility index (Phi) is 3.39. The van der Waals surface area contributed by atoms with E-state index in [1.807, 2.05) is 6.92 Å². The molecular formula is C6H13NO3S2. The lowest BCUT2D eigenvalue weighted by Gasteiger charge is -2.27. The van der Waals surface area contributed by atoms with Crippen molar-refractivity contribution in [2.75, 3.05) is 11.5 Å². The highest BCUT2D eigenvalue weighted by Gasteiger charge is 2.24. The maximum atomic E-state index is 10.5. The first-order valence-corrected chi connectivity index (χ1v) is 6.41. The third kappa shape index (κ3) is 3.30. The van der Waals surface area contributed by atoms with Gasteiger partial charge in [0.25, 0.3) is 0 Å². The summed E-state index contributed by atoms with van der Waals surface area (Å²) in [5, 5.41) is 0. The topological polar surface area (TPSA) is 66.4 Å². The predicted octanol–water partition coefficient (Wildman–Crippen LogP) is 0.520. The molecule has 1 aliphatic rings. The van der Waals surface area contributed by atoms with Crippen molar-refractivity contribution in [3.63, 3.8) is 0 Å². The minimum absolute atomic E-state index is 0.112. The van der Waals surface area contributed by atoms with E-state index in [0.29, 0.717) is 5.92 Å². The summed E-state index contributed by atoms with van der Waals surface area (Å²) in [7, 11) is -4.02. The van der Waals surface area contributed by atoms with E-state index < -0.39 is 10.3 Å². The van der Waals surface area contributed by atoms with Gasteiger partial charge in [-0.15, -0.1) is 0 Å². The van der Waals surface area contributed by atoms with Gasteiger partial charge in [-0.05, 0) is 18.1 Å². The van der Waals surface area contributed by atoms with Crippen LogP contribution in [0.4, 0.5) is 0 Å². The van der Waals surface area contributed by atoms with Gasteiger partial charge < -0.3 is 0 Å². The van der Waals surface area contributed by atoms with Crippen molar-refractivity contribution in [3.8, 4) is 0 Å². The van der Waals surface area contributed by atoms with E-state index in [1.165, 1.54) is 0 Å². The second-order valence-corrected chi connectivity index (χ2v) is 5.38. The van der Waals surface area contributed by atoms with E-state index in [2.05, 4.69) is 4.72 Å². The molecule has 0 aliphatic carbocycles. The van der Waals surface area contributed by atoms with Gasteiger partial charge in [-0.25, -0.2) is 0 Å². The summed E-state index contributed by atoms with van der Waals surface area (Å²) in [4.78, 5) is 0. The van der Waals surface area contributed by atoms with Crippen LogP contribution in [0, 0.1) is 5.92 Å². The van der Waals surface area contributed by atoms with E-state index in [1.54, 1.807) is 11.8 Å². The van der Waals surface area contributed by atoms with Crippen LogP contribution in [0.3, 0.4) is 0 Å². The molecule has 2 N–H and O–H groups in total. The second kappa shape index (κ2) is 3.95. The molecule has 4 nitrogen and oxygen atoms in total. The van der Waals surface area contributed by atoms with E-state index >= 15 is 0 Å². The van der Waals surface area contributed by atoms with Crippen LogP contribution in [0.25, 0.3) is 0 Å². The standard InChI is InChI=1S/C6H13NO3S2/c1-5-2-3-11-4-6(5)7-12(8,9)10/h5-7H,2-4H2,1H3,(H,8,9,10)/t5-,6-/m0/s1. The number of hydrogen-bond acceptors (Lipinski definition) is 3. The van der Waals surface area contributed by atoms with E-state index in [0.717, 1.165) is 17.9 Å². The molecule has 12 heavy (non-hydrogen) atoms. The van der Waals surface area contributed by atoms with Crippen molar-refractivity contribution in [2.45, 2.75) is 19.4 Å². The van der Waals surface area contributed by atoms with Crippen molar-refractivity contribution < 1.29 is 13.0 Å². The van der Waals surface area contributed by atoms with Gasteiger partial charge in [0, 0.05) is 11.8 Å². The first-order valence-electron chi connectivity index (χ1n) is 3.81. The number of thioether (sulfide) groups is 1. The lowest BCUT2D eigenvalue weighted by atomic mass is 10.0. The number of hydrogen-bond donors (Lipinski definition) is 2. The van der Waals surface area contributed by atoms with Gasteiger partial charge in [0.1, 0.15) is 0 Å². The summed E-state index contributed by atoms with van der Waals surface area (Å²) in [6.07, 6.45) is 0.998. The third-order valence-electron chi connectivity index (χ3n) is 2.00. The molecule has 1 heterocycles. The van der Waals surface area contributed by atoms with Crippen molar-refractivity contribution in [1.29, 1.82) is 0 Å². The molecule has 0 unspecified atom stereocenters. The lowest BCUT2D eigenvalue weighted by Crippen LogP contribution is -2.42. The molecule has 0 saturated carbocycles. The maximum absolute atomic E-state index is 10.5. The fourth-order valence-corrected chi connectivity index (χ4v) is 3.36. The van der Waals surface area contributed by atoms with Crippen LogP contribution >= 0.6 is 11.8 Å². The molecule has 6 heteroatoms. The van der Waals surface area contributed by atoms with Crippen LogP contribution in [-0.2, 0) is 10.3 Å². The summed E-state index contributed by atoms with van der Waals surface area (Å²) >= 11 is 1.71. The average molecular weight is 211 g/mol. The van der Waals surface area contributed by atoms with Crippen LogP contribution < -0.4 is 4.72 Å². The largest absolute Gasteiger partial charge is 0.333 e. The molecule has 72 valence electrons. The Bertz CT molecular complexity index is 239. The molecule has 0 aromatic carbocycles. The third-order valence-corrected chi connectivity index (χ3v) is 3.72. The SMILES string of the molecule is C[C@H]1CCSC[C@@H]1NS(=O)(=O)O. The lowest BCUT2D eigenvalue weighted by molar-refractivity contribution is 0.401. The van der Waals surface area contributed by atoms with Gasteiger partial charge in [-0.2, -0.15) is 24.9 Å². The number of rotatable bonds is 2. The smallest absolute Gasteiger partial charge is 0.273 e. The Balaban J connectivity index is 2.50. The summed E-state index contributed by atoms with van der Waals surface area (Å²) in [5.74, 6) is 2.14.